The minimum absolute atomic E-state index is 0.246. The fourth-order valence-electron chi connectivity index (χ4n) is 1.03. The molecule has 0 saturated carbocycles. The Bertz CT molecular complexity index is 452. The van der Waals surface area contributed by atoms with Crippen molar-refractivity contribution in [2.75, 3.05) is 19.5 Å². The number of methoxy groups -OCH3 is 2. The summed E-state index contributed by atoms with van der Waals surface area (Å²) in [5, 5.41) is 2.71. The molecule has 7 heteroatoms. The number of nitrogens with zero attached hydrogens (tertiary/aromatic N) is 1. The predicted molar refractivity (Wildman–Crippen MR) is 67.7 cm³/mol. The summed E-state index contributed by atoms with van der Waals surface area (Å²) in [6, 6.07) is 3.44. The summed E-state index contributed by atoms with van der Waals surface area (Å²) in [7, 11) is 2.36. The molecule has 0 bridgehead atoms. The standard InChI is InChI=1S/C11H11BrN2O4/c1-17-10(15)8(11(16)18-2)6-14-9-4-3-7(12)5-13-9/h3-6H,1-2H3,(H,13,14). The molecule has 0 atom stereocenters. The SMILES string of the molecule is COC(=O)C(=CNc1ccc(Br)cn1)C(=O)OC. The maximum absolute atomic E-state index is 11.3. The van der Waals surface area contributed by atoms with Crippen molar-refractivity contribution in [3.05, 3.63) is 34.6 Å². The van der Waals surface area contributed by atoms with Crippen LogP contribution in [0.2, 0.25) is 0 Å². The van der Waals surface area contributed by atoms with E-state index < -0.39 is 11.9 Å². The van der Waals surface area contributed by atoms with E-state index in [2.05, 4.69) is 35.7 Å². The highest BCUT2D eigenvalue weighted by Gasteiger charge is 2.19. The van der Waals surface area contributed by atoms with E-state index in [1.165, 1.54) is 20.4 Å². The van der Waals surface area contributed by atoms with E-state index in [-0.39, 0.29) is 5.57 Å². The molecule has 0 aliphatic carbocycles. The molecule has 1 aromatic rings. The van der Waals surface area contributed by atoms with Crippen molar-refractivity contribution >= 4 is 33.7 Å². The van der Waals surface area contributed by atoms with E-state index in [0.29, 0.717) is 5.82 Å². The van der Waals surface area contributed by atoms with Gasteiger partial charge >= 0.3 is 11.9 Å². The zero-order valence-corrected chi connectivity index (χ0v) is 11.4. The second kappa shape index (κ2) is 6.75. The smallest absolute Gasteiger partial charge is 0.346 e. The molecule has 0 fully saturated rings. The van der Waals surface area contributed by atoms with Gasteiger partial charge in [0.05, 0.1) is 14.2 Å². The first-order valence-electron chi connectivity index (χ1n) is 4.83. The lowest BCUT2D eigenvalue weighted by Gasteiger charge is -2.04. The second-order valence-corrected chi connectivity index (χ2v) is 3.96. The summed E-state index contributed by atoms with van der Waals surface area (Å²) in [5.74, 6) is -1.10. The molecule has 96 valence electrons. The van der Waals surface area contributed by atoms with Crippen LogP contribution in [-0.4, -0.2) is 31.1 Å². The number of nitrogens with one attached hydrogen (secondary N) is 1. The van der Waals surface area contributed by atoms with E-state index in [0.717, 1.165) is 4.47 Å². The molecular weight excluding hydrogens is 304 g/mol. The van der Waals surface area contributed by atoms with Gasteiger partial charge in [0.15, 0.2) is 5.57 Å². The van der Waals surface area contributed by atoms with Crippen LogP contribution in [0.3, 0.4) is 0 Å². The third kappa shape index (κ3) is 3.85. The molecule has 1 aromatic heterocycles. The molecule has 0 spiro atoms. The molecule has 0 unspecified atom stereocenters. The normalized spacial score (nSPS) is 9.28. The first-order chi connectivity index (χ1) is 8.58. The molecule has 1 N–H and O–H groups in total. The van der Waals surface area contributed by atoms with Gasteiger partial charge in [-0.1, -0.05) is 0 Å². The first kappa shape index (κ1) is 14.2. The largest absolute Gasteiger partial charge is 0.465 e. The van der Waals surface area contributed by atoms with Crippen LogP contribution < -0.4 is 5.32 Å². The number of rotatable bonds is 4. The Hall–Kier alpha value is -1.89. The van der Waals surface area contributed by atoms with Crippen molar-refractivity contribution < 1.29 is 19.1 Å². The number of carbonyl (C=O) groups excluding carboxylic acids is 2. The number of halogens is 1. The summed E-state index contributed by atoms with van der Waals surface area (Å²) in [6.45, 7) is 0. The highest BCUT2D eigenvalue weighted by molar-refractivity contribution is 9.10. The van der Waals surface area contributed by atoms with Crippen molar-refractivity contribution in [2.24, 2.45) is 0 Å². The van der Waals surface area contributed by atoms with Gasteiger partial charge in [-0.15, -0.1) is 0 Å². The van der Waals surface area contributed by atoms with Crippen LogP contribution in [0, 0.1) is 0 Å². The van der Waals surface area contributed by atoms with Gasteiger partial charge in [0.1, 0.15) is 5.82 Å². The van der Waals surface area contributed by atoms with E-state index >= 15 is 0 Å². The summed E-state index contributed by atoms with van der Waals surface area (Å²) in [4.78, 5) is 26.7. The van der Waals surface area contributed by atoms with E-state index in [4.69, 9.17) is 0 Å². The van der Waals surface area contributed by atoms with Gasteiger partial charge in [0.2, 0.25) is 0 Å². The molecule has 0 aromatic carbocycles. The maximum atomic E-state index is 11.3. The van der Waals surface area contributed by atoms with Crippen LogP contribution in [0.15, 0.2) is 34.6 Å². The van der Waals surface area contributed by atoms with Crippen molar-refractivity contribution in [3.63, 3.8) is 0 Å². The molecule has 0 aliphatic heterocycles. The topological polar surface area (TPSA) is 77.5 Å². The maximum Gasteiger partial charge on any atom is 0.346 e. The Balaban J connectivity index is 2.86. The summed E-state index contributed by atoms with van der Waals surface area (Å²) >= 11 is 3.24. The fourth-order valence-corrected chi connectivity index (χ4v) is 1.26. The predicted octanol–water partition coefficient (Wildman–Crippen LogP) is 1.49. The van der Waals surface area contributed by atoms with Crippen molar-refractivity contribution in [3.8, 4) is 0 Å². The summed E-state index contributed by atoms with van der Waals surface area (Å²) < 4.78 is 9.75. The van der Waals surface area contributed by atoms with Crippen molar-refractivity contribution in [1.82, 2.24) is 4.98 Å². The Labute approximate surface area is 112 Å². The molecule has 1 heterocycles. The number of ether oxygens (including phenoxy) is 2. The molecule has 0 amide bonds. The Morgan fingerprint density at radius 2 is 1.89 bits per heavy atom. The van der Waals surface area contributed by atoms with Gasteiger partial charge in [0.25, 0.3) is 0 Å². The van der Waals surface area contributed by atoms with Crippen molar-refractivity contribution in [2.45, 2.75) is 0 Å². The van der Waals surface area contributed by atoms with Gasteiger partial charge in [-0.3, -0.25) is 0 Å². The molecular formula is C11H11BrN2O4. The van der Waals surface area contributed by atoms with Crippen LogP contribution >= 0.6 is 15.9 Å². The highest BCUT2D eigenvalue weighted by Crippen LogP contribution is 2.11. The third-order valence-electron chi connectivity index (χ3n) is 1.90. The number of anilines is 1. The van der Waals surface area contributed by atoms with Crippen LogP contribution in [0.5, 0.6) is 0 Å². The van der Waals surface area contributed by atoms with Crippen LogP contribution in [0.1, 0.15) is 0 Å². The monoisotopic (exact) mass is 314 g/mol. The number of pyridine rings is 1. The second-order valence-electron chi connectivity index (χ2n) is 3.05. The lowest BCUT2D eigenvalue weighted by molar-refractivity contribution is -0.144. The van der Waals surface area contributed by atoms with Gasteiger partial charge < -0.3 is 14.8 Å². The molecule has 1 rings (SSSR count). The van der Waals surface area contributed by atoms with E-state index in [1.54, 1.807) is 18.3 Å². The van der Waals surface area contributed by atoms with Gasteiger partial charge in [0, 0.05) is 16.9 Å². The van der Waals surface area contributed by atoms with Gasteiger partial charge in [-0.05, 0) is 28.1 Å². The summed E-state index contributed by atoms with van der Waals surface area (Å²) in [5.41, 5.74) is -0.246. The van der Waals surface area contributed by atoms with Crippen molar-refractivity contribution in [1.29, 1.82) is 0 Å². The lowest BCUT2D eigenvalue weighted by Crippen LogP contribution is -2.17. The Morgan fingerprint density at radius 1 is 1.28 bits per heavy atom. The number of esters is 2. The van der Waals surface area contributed by atoms with E-state index in [9.17, 15) is 9.59 Å². The number of hydrogen-bond donors (Lipinski definition) is 1. The number of carbonyl (C=O) groups is 2. The number of hydrogen-bond acceptors (Lipinski definition) is 6. The molecule has 0 saturated heterocycles. The van der Waals surface area contributed by atoms with Gasteiger partial charge in [-0.2, -0.15) is 0 Å². The van der Waals surface area contributed by atoms with E-state index in [1.807, 2.05) is 0 Å². The zero-order chi connectivity index (χ0) is 13.5. The lowest BCUT2D eigenvalue weighted by atomic mass is 10.3. The minimum atomic E-state index is -0.786. The summed E-state index contributed by atoms with van der Waals surface area (Å²) in [6.07, 6.45) is 2.76. The zero-order valence-electron chi connectivity index (χ0n) is 9.77. The molecule has 0 aliphatic rings. The average molecular weight is 315 g/mol. The molecule has 0 radical (unpaired) electrons. The highest BCUT2D eigenvalue weighted by atomic mass is 79.9. The Kier molecular flexibility index (Phi) is 5.31. The minimum Gasteiger partial charge on any atom is -0.465 e. The molecule has 18 heavy (non-hydrogen) atoms. The fraction of sp³-hybridized carbons (Fsp3) is 0.182. The Morgan fingerprint density at radius 3 is 2.33 bits per heavy atom. The van der Waals surface area contributed by atoms with Crippen LogP contribution in [0.25, 0.3) is 0 Å². The first-order valence-corrected chi connectivity index (χ1v) is 5.62. The third-order valence-corrected chi connectivity index (χ3v) is 2.37. The van der Waals surface area contributed by atoms with Gasteiger partial charge in [-0.25, -0.2) is 14.6 Å². The average Bonchev–Trinajstić information content (AvgIpc) is 2.40. The quantitative estimate of drug-likeness (QED) is 0.392. The number of aromatic nitrogens is 1. The van der Waals surface area contributed by atoms with Crippen LogP contribution in [-0.2, 0) is 19.1 Å². The van der Waals surface area contributed by atoms with Crippen LogP contribution in [0.4, 0.5) is 5.82 Å². The molecule has 6 nitrogen and oxygen atoms in total.